The molecule has 0 aliphatic carbocycles. The molecular weight excluding hydrogens is 354 g/mol. The standard InChI is InChI=1S/C14H12BrN3O2S/c15-12-6-2-1-5-11(12)14(20)16-9-13(19)18-17-8-10-4-3-7-21-10/h1-8H,9H2,(H,16,20)(H,18,19)/b17-8-. The topological polar surface area (TPSA) is 70.6 Å². The summed E-state index contributed by atoms with van der Waals surface area (Å²) in [5.41, 5.74) is 2.83. The van der Waals surface area contributed by atoms with E-state index in [0.717, 1.165) is 4.88 Å². The quantitative estimate of drug-likeness (QED) is 0.630. The number of nitrogens with zero attached hydrogens (tertiary/aromatic N) is 1. The van der Waals surface area contributed by atoms with E-state index in [1.165, 1.54) is 11.3 Å². The number of hydrazone groups is 1. The second kappa shape index (κ2) is 7.70. The molecule has 0 aliphatic heterocycles. The summed E-state index contributed by atoms with van der Waals surface area (Å²) >= 11 is 4.80. The van der Waals surface area contributed by atoms with Crippen molar-refractivity contribution < 1.29 is 9.59 Å². The van der Waals surface area contributed by atoms with Crippen molar-refractivity contribution in [3.63, 3.8) is 0 Å². The monoisotopic (exact) mass is 365 g/mol. The van der Waals surface area contributed by atoms with E-state index in [9.17, 15) is 9.59 Å². The number of rotatable bonds is 5. The molecule has 2 N–H and O–H groups in total. The van der Waals surface area contributed by atoms with Crippen LogP contribution in [-0.2, 0) is 4.79 Å². The number of carbonyl (C=O) groups is 2. The number of hydrogen-bond acceptors (Lipinski definition) is 4. The Morgan fingerprint density at radius 3 is 2.76 bits per heavy atom. The van der Waals surface area contributed by atoms with Crippen LogP contribution in [0.4, 0.5) is 0 Å². The van der Waals surface area contributed by atoms with Gasteiger partial charge in [-0.05, 0) is 39.5 Å². The van der Waals surface area contributed by atoms with Crippen molar-refractivity contribution >= 4 is 45.3 Å². The van der Waals surface area contributed by atoms with Crippen molar-refractivity contribution in [2.45, 2.75) is 0 Å². The zero-order valence-electron chi connectivity index (χ0n) is 10.9. The van der Waals surface area contributed by atoms with Gasteiger partial charge in [0.2, 0.25) is 0 Å². The number of thiophene rings is 1. The number of carbonyl (C=O) groups excluding carboxylic acids is 2. The third-order valence-electron chi connectivity index (χ3n) is 2.45. The molecule has 0 saturated heterocycles. The third kappa shape index (κ3) is 4.80. The Morgan fingerprint density at radius 2 is 2.05 bits per heavy atom. The van der Waals surface area contributed by atoms with Crippen LogP contribution in [0.1, 0.15) is 15.2 Å². The van der Waals surface area contributed by atoms with Crippen LogP contribution in [0.2, 0.25) is 0 Å². The zero-order chi connectivity index (χ0) is 15.1. The molecule has 1 heterocycles. The van der Waals surface area contributed by atoms with Gasteiger partial charge in [-0.15, -0.1) is 11.3 Å². The molecule has 0 aliphatic rings. The lowest BCUT2D eigenvalue weighted by atomic mass is 10.2. The number of nitrogens with one attached hydrogen (secondary N) is 2. The van der Waals surface area contributed by atoms with E-state index in [0.29, 0.717) is 10.0 Å². The van der Waals surface area contributed by atoms with E-state index < -0.39 is 0 Å². The van der Waals surface area contributed by atoms with E-state index in [1.54, 1.807) is 24.4 Å². The lowest BCUT2D eigenvalue weighted by molar-refractivity contribution is -0.120. The highest BCUT2D eigenvalue weighted by Crippen LogP contribution is 2.15. The molecule has 1 aromatic carbocycles. The third-order valence-corrected chi connectivity index (χ3v) is 3.95. The molecule has 0 radical (unpaired) electrons. The average Bonchev–Trinajstić information content (AvgIpc) is 2.98. The van der Waals surface area contributed by atoms with Crippen LogP contribution in [0.3, 0.4) is 0 Å². The maximum Gasteiger partial charge on any atom is 0.259 e. The van der Waals surface area contributed by atoms with Crippen LogP contribution >= 0.6 is 27.3 Å². The van der Waals surface area contributed by atoms with Gasteiger partial charge in [-0.25, -0.2) is 5.43 Å². The Bertz CT molecular complexity index is 656. The summed E-state index contributed by atoms with van der Waals surface area (Å²) in [5.74, 6) is -0.705. The first-order chi connectivity index (χ1) is 10.2. The van der Waals surface area contributed by atoms with Gasteiger partial charge in [0.25, 0.3) is 11.8 Å². The molecule has 0 atom stereocenters. The van der Waals surface area contributed by atoms with Gasteiger partial charge in [0, 0.05) is 9.35 Å². The van der Waals surface area contributed by atoms with E-state index >= 15 is 0 Å². The molecule has 2 aromatic rings. The smallest absolute Gasteiger partial charge is 0.259 e. The van der Waals surface area contributed by atoms with Crippen LogP contribution in [0, 0.1) is 0 Å². The van der Waals surface area contributed by atoms with Gasteiger partial charge < -0.3 is 5.32 Å². The summed E-state index contributed by atoms with van der Waals surface area (Å²) in [6.45, 7) is -0.137. The number of hydrogen-bond donors (Lipinski definition) is 2. The van der Waals surface area contributed by atoms with Crippen molar-refractivity contribution in [2.75, 3.05) is 6.54 Å². The highest BCUT2D eigenvalue weighted by atomic mass is 79.9. The highest BCUT2D eigenvalue weighted by molar-refractivity contribution is 9.10. The maximum absolute atomic E-state index is 11.9. The number of halogens is 1. The van der Waals surface area contributed by atoms with Crippen molar-refractivity contribution in [3.8, 4) is 0 Å². The molecule has 0 unspecified atom stereocenters. The largest absolute Gasteiger partial charge is 0.343 e. The lowest BCUT2D eigenvalue weighted by Crippen LogP contribution is -2.35. The molecule has 5 nitrogen and oxygen atoms in total. The summed E-state index contributed by atoms with van der Waals surface area (Å²) in [5, 5.41) is 8.26. The minimum absolute atomic E-state index is 0.137. The number of benzene rings is 1. The SMILES string of the molecule is O=C(CNC(=O)c1ccccc1Br)N/N=C\c1cccs1. The Hall–Kier alpha value is -1.99. The fraction of sp³-hybridized carbons (Fsp3) is 0.0714. The summed E-state index contributed by atoms with van der Waals surface area (Å²) in [6.07, 6.45) is 1.55. The number of amides is 2. The van der Waals surface area contributed by atoms with Crippen LogP contribution in [-0.4, -0.2) is 24.6 Å². The van der Waals surface area contributed by atoms with Crippen LogP contribution in [0.25, 0.3) is 0 Å². The van der Waals surface area contributed by atoms with Crippen molar-refractivity contribution in [1.29, 1.82) is 0 Å². The summed E-state index contributed by atoms with van der Waals surface area (Å²) in [6, 6.07) is 10.8. The second-order valence-electron chi connectivity index (χ2n) is 3.97. The van der Waals surface area contributed by atoms with Gasteiger partial charge in [0.15, 0.2) is 0 Å². The Morgan fingerprint density at radius 1 is 1.24 bits per heavy atom. The summed E-state index contributed by atoms with van der Waals surface area (Å²) in [7, 11) is 0. The molecule has 0 spiro atoms. The average molecular weight is 366 g/mol. The Balaban J connectivity index is 1.79. The minimum atomic E-state index is -0.386. The van der Waals surface area contributed by atoms with Gasteiger partial charge in [-0.2, -0.15) is 5.10 Å². The normalized spacial score (nSPS) is 10.5. The molecule has 1 aromatic heterocycles. The Labute approximate surface area is 134 Å². The first-order valence-electron chi connectivity index (χ1n) is 6.05. The zero-order valence-corrected chi connectivity index (χ0v) is 13.3. The van der Waals surface area contributed by atoms with Gasteiger partial charge in [0.1, 0.15) is 0 Å². The highest BCUT2D eigenvalue weighted by Gasteiger charge is 2.10. The fourth-order valence-corrected chi connectivity index (χ4v) is 2.52. The molecule has 7 heteroatoms. The predicted molar refractivity (Wildman–Crippen MR) is 86.5 cm³/mol. The summed E-state index contributed by atoms with van der Waals surface area (Å²) < 4.78 is 0.679. The Kier molecular flexibility index (Phi) is 5.65. The van der Waals surface area contributed by atoms with E-state index in [4.69, 9.17) is 0 Å². The maximum atomic E-state index is 11.9. The molecule has 2 rings (SSSR count). The predicted octanol–water partition coefficient (Wildman–Crippen LogP) is 2.39. The van der Waals surface area contributed by atoms with Crippen LogP contribution < -0.4 is 10.7 Å². The van der Waals surface area contributed by atoms with E-state index in [1.807, 2.05) is 23.6 Å². The second-order valence-corrected chi connectivity index (χ2v) is 5.80. The molecule has 2 amide bonds. The molecule has 108 valence electrons. The summed E-state index contributed by atoms with van der Waals surface area (Å²) in [4.78, 5) is 24.4. The minimum Gasteiger partial charge on any atom is -0.343 e. The van der Waals surface area contributed by atoms with Gasteiger partial charge in [-0.3, -0.25) is 9.59 Å². The fourth-order valence-electron chi connectivity index (χ4n) is 1.47. The molecular formula is C14H12BrN3O2S. The first-order valence-corrected chi connectivity index (χ1v) is 7.72. The van der Waals surface area contributed by atoms with Crippen molar-refractivity contribution in [1.82, 2.24) is 10.7 Å². The molecule has 0 fully saturated rings. The van der Waals surface area contributed by atoms with Gasteiger partial charge >= 0.3 is 0 Å². The van der Waals surface area contributed by atoms with Crippen molar-refractivity contribution in [3.05, 3.63) is 56.7 Å². The van der Waals surface area contributed by atoms with E-state index in [-0.39, 0.29) is 18.4 Å². The van der Waals surface area contributed by atoms with Crippen LogP contribution in [0.15, 0.2) is 51.4 Å². The van der Waals surface area contributed by atoms with Crippen LogP contribution in [0.5, 0.6) is 0 Å². The molecule has 21 heavy (non-hydrogen) atoms. The first kappa shape index (κ1) is 15.4. The van der Waals surface area contributed by atoms with Crippen molar-refractivity contribution in [2.24, 2.45) is 5.10 Å². The van der Waals surface area contributed by atoms with E-state index in [2.05, 4.69) is 31.8 Å². The van der Waals surface area contributed by atoms with Gasteiger partial charge in [-0.1, -0.05) is 18.2 Å². The molecule has 0 bridgehead atoms. The lowest BCUT2D eigenvalue weighted by Gasteiger charge is -2.05. The van der Waals surface area contributed by atoms with Gasteiger partial charge in [0.05, 0.1) is 18.3 Å². The molecule has 0 saturated carbocycles.